The summed E-state index contributed by atoms with van der Waals surface area (Å²) in [5.41, 5.74) is 0.582. The predicted octanol–water partition coefficient (Wildman–Crippen LogP) is 0.982. The summed E-state index contributed by atoms with van der Waals surface area (Å²) in [6.07, 6.45) is 0.999. The number of rotatable bonds is 3. The SMILES string of the molecule is O=C(c1ccccc1)C(O)C1CCCN1. The maximum absolute atomic E-state index is 11.8. The molecule has 0 saturated carbocycles. The number of carbonyl (C=O) groups is 1. The van der Waals surface area contributed by atoms with Crippen LogP contribution in [-0.2, 0) is 0 Å². The van der Waals surface area contributed by atoms with E-state index in [1.807, 2.05) is 18.2 Å². The number of nitrogens with one attached hydrogen (secondary N) is 1. The maximum atomic E-state index is 11.8. The van der Waals surface area contributed by atoms with E-state index in [9.17, 15) is 9.90 Å². The number of carbonyl (C=O) groups excluding carboxylic acids is 1. The van der Waals surface area contributed by atoms with Crippen molar-refractivity contribution in [2.24, 2.45) is 0 Å². The Morgan fingerprint density at radius 1 is 1.40 bits per heavy atom. The molecule has 1 heterocycles. The molecule has 1 fully saturated rings. The first-order valence-corrected chi connectivity index (χ1v) is 5.30. The van der Waals surface area contributed by atoms with E-state index in [0.717, 1.165) is 19.4 Å². The molecule has 3 heteroatoms. The Morgan fingerprint density at radius 3 is 2.73 bits per heavy atom. The number of aliphatic hydroxyl groups is 1. The van der Waals surface area contributed by atoms with Crippen LogP contribution in [0.2, 0.25) is 0 Å². The van der Waals surface area contributed by atoms with E-state index in [0.29, 0.717) is 5.56 Å². The molecule has 1 aromatic carbocycles. The zero-order valence-corrected chi connectivity index (χ0v) is 8.52. The summed E-state index contributed by atoms with van der Waals surface area (Å²) >= 11 is 0. The highest BCUT2D eigenvalue weighted by molar-refractivity contribution is 5.99. The Labute approximate surface area is 89.1 Å². The van der Waals surface area contributed by atoms with E-state index in [4.69, 9.17) is 0 Å². The van der Waals surface area contributed by atoms with Crippen molar-refractivity contribution >= 4 is 5.78 Å². The van der Waals surface area contributed by atoms with Crippen LogP contribution < -0.4 is 5.32 Å². The van der Waals surface area contributed by atoms with Crippen molar-refractivity contribution in [3.05, 3.63) is 35.9 Å². The van der Waals surface area contributed by atoms with Crippen molar-refractivity contribution in [1.82, 2.24) is 5.32 Å². The van der Waals surface area contributed by atoms with Crippen molar-refractivity contribution in [1.29, 1.82) is 0 Å². The van der Waals surface area contributed by atoms with E-state index in [1.54, 1.807) is 12.1 Å². The maximum Gasteiger partial charge on any atom is 0.192 e. The van der Waals surface area contributed by atoms with Gasteiger partial charge in [0, 0.05) is 11.6 Å². The molecule has 1 aliphatic heterocycles. The van der Waals surface area contributed by atoms with Gasteiger partial charge >= 0.3 is 0 Å². The molecular formula is C12H15NO2. The number of Topliss-reactive ketones (excluding diaryl/α,β-unsaturated/α-hetero) is 1. The molecule has 2 N–H and O–H groups in total. The highest BCUT2D eigenvalue weighted by atomic mass is 16.3. The molecule has 0 spiro atoms. The minimum absolute atomic E-state index is 0.0716. The van der Waals surface area contributed by atoms with Gasteiger partial charge in [-0.1, -0.05) is 30.3 Å². The Kier molecular flexibility index (Phi) is 3.14. The molecule has 1 saturated heterocycles. The highest BCUT2D eigenvalue weighted by Gasteiger charge is 2.28. The summed E-state index contributed by atoms with van der Waals surface area (Å²) in [6.45, 7) is 0.893. The summed E-state index contributed by atoms with van der Waals surface area (Å²) in [5, 5.41) is 13.0. The minimum atomic E-state index is -0.908. The predicted molar refractivity (Wildman–Crippen MR) is 57.8 cm³/mol. The van der Waals surface area contributed by atoms with Crippen molar-refractivity contribution in [3.8, 4) is 0 Å². The lowest BCUT2D eigenvalue weighted by Gasteiger charge is -2.16. The third kappa shape index (κ3) is 2.25. The number of hydrogen-bond donors (Lipinski definition) is 2. The van der Waals surface area contributed by atoms with Gasteiger partial charge in [0.1, 0.15) is 6.10 Å². The number of aliphatic hydroxyl groups excluding tert-OH is 1. The number of ketones is 1. The lowest BCUT2D eigenvalue weighted by molar-refractivity contribution is 0.0676. The fraction of sp³-hybridized carbons (Fsp3) is 0.417. The second-order valence-electron chi connectivity index (χ2n) is 3.88. The third-order valence-electron chi connectivity index (χ3n) is 2.81. The van der Waals surface area contributed by atoms with Crippen molar-refractivity contribution in [2.45, 2.75) is 25.0 Å². The van der Waals surface area contributed by atoms with Crippen LogP contribution in [0.25, 0.3) is 0 Å². The average Bonchev–Trinajstić information content (AvgIpc) is 2.82. The zero-order valence-electron chi connectivity index (χ0n) is 8.52. The largest absolute Gasteiger partial charge is 0.383 e. The minimum Gasteiger partial charge on any atom is -0.383 e. The molecule has 0 radical (unpaired) electrons. The summed E-state index contributed by atoms with van der Waals surface area (Å²) < 4.78 is 0. The van der Waals surface area contributed by atoms with Gasteiger partial charge in [-0.15, -0.1) is 0 Å². The van der Waals surface area contributed by atoms with E-state index >= 15 is 0 Å². The van der Waals surface area contributed by atoms with E-state index in [2.05, 4.69) is 5.32 Å². The number of benzene rings is 1. The van der Waals surface area contributed by atoms with Crippen molar-refractivity contribution < 1.29 is 9.90 Å². The molecule has 3 nitrogen and oxygen atoms in total. The molecule has 0 amide bonds. The smallest absolute Gasteiger partial charge is 0.192 e. The van der Waals surface area contributed by atoms with Gasteiger partial charge in [0.2, 0.25) is 0 Å². The van der Waals surface area contributed by atoms with Gasteiger partial charge in [-0.25, -0.2) is 0 Å². The Morgan fingerprint density at radius 2 is 2.13 bits per heavy atom. The van der Waals surface area contributed by atoms with Crippen LogP contribution in [-0.4, -0.2) is 29.6 Å². The summed E-state index contributed by atoms with van der Waals surface area (Å²) in [5.74, 6) is -0.185. The summed E-state index contributed by atoms with van der Waals surface area (Å²) in [6, 6.07) is 8.87. The summed E-state index contributed by atoms with van der Waals surface area (Å²) in [4.78, 5) is 11.8. The molecular weight excluding hydrogens is 190 g/mol. The first-order valence-electron chi connectivity index (χ1n) is 5.30. The number of hydrogen-bond acceptors (Lipinski definition) is 3. The highest BCUT2D eigenvalue weighted by Crippen LogP contribution is 2.13. The first-order chi connectivity index (χ1) is 7.29. The van der Waals surface area contributed by atoms with Gasteiger partial charge < -0.3 is 10.4 Å². The second-order valence-corrected chi connectivity index (χ2v) is 3.88. The fourth-order valence-corrected chi connectivity index (χ4v) is 1.94. The van der Waals surface area contributed by atoms with Crippen LogP contribution in [0.4, 0.5) is 0 Å². The van der Waals surface area contributed by atoms with Crippen LogP contribution >= 0.6 is 0 Å². The normalized spacial score (nSPS) is 22.6. The second kappa shape index (κ2) is 4.55. The zero-order chi connectivity index (χ0) is 10.7. The van der Waals surface area contributed by atoms with Crippen molar-refractivity contribution in [3.63, 3.8) is 0 Å². The topological polar surface area (TPSA) is 49.3 Å². The molecule has 2 unspecified atom stereocenters. The van der Waals surface area contributed by atoms with Gasteiger partial charge in [-0.2, -0.15) is 0 Å². The van der Waals surface area contributed by atoms with Gasteiger partial charge in [0.05, 0.1) is 0 Å². The van der Waals surface area contributed by atoms with E-state index in [1.165, 1.54) is 0 Å². The Bertz CT molecular complexity index is 331. The third-order valence-corrected chi connectivity index (χ3v) is 2.81. The average molecular weight is 205 g/mol. The monoisotopic (exact) mass is 205 g/mol. The van der Waals surface area contributed by atoms with Gasteiger partial charge in [-0.3, -0.25) is 4.79 Å². The molecule has 15 heavy (non-hydrogen) atoms. The van der Waals surface area contributed by atoms with Gasteiger partial charge in [-0.05, 0) is 19.4 Å². The van der Waals surface area contributed by atoms with Crippen LogP contribution in [0.5, 0.6) is 0 Å². The lowest BCUT2D eigenvalue weighted by atomic mass is 10.00. The van der Waals surface area contributed by atoms with Gasteiger partial charge in [0.15, 0.2) is 5.78 Å². The molecule has 0 bridgehead atoms. The standard InChI is InChI=1S/C12H15NO2/c14-11(9-5-2-1-3-6-9)12(15)10-7-4-8-13-10/h1-3,5-6,10,12-13,15H,4,7-8H2. The van der Waals surface area contributed by atoms with E-state index < -0.39 is 6.10 Å². The molecule has 80 valence electrons. The van der Waals surface area contributed by atoms with E-state index in [-0.39, 0.29) is 11.8 Å². The summed E-state index contributed by atoms with van der Waals surface area (Å²) in [7, 11) is 0. The van der Waals surface area contributed by atoms with Crippen LogP contribution in [0, 0.1) is 0 Å². The van der Waals surface area contributed by atoms with Crippen molar-refractivity contribution in [2.75, 3.05) is 6.54 Å². The molecule has 2 atom stereocenters. The molecule has 0 aromatic heterocycles. The van der Waals surface area contributed by atoms with Crippen LogP contribution in [0.1, 0.15) is 23.2 Å². The van der Waals surface area contributed by atoms with Crippen LogP contribution in [0.3, 0.4) is 0 Å². The van der Waals surface area contributed by atoms with Crippen LogP contribution in [0.15, 0.2) is 30.3 Å². The first kappa shape index (κ1) is 10.3. The molecule has 0 aliphatic carbocycles. The molecule has 1 aromatic rings. The molecule has 2 rings (SSSR count). The quantitative estimate of drug-likeness (QED) is 0.723. The fourth-order valence-electron chi connectivity index (χ4n) is 1.94. The van der Waals surface area contributed by atoms with Gasteiger partial charge in [0.25, 0.3) is 0 Å². The Balaban J connectivity index is 2.07. The molecule has 1 aliphatic rings. The Hall–Kier alpha value is -1.19. The lowest BCUT2D eigenvalue weighted by Crippen LogP contribution is -2.40.